The van der Waals surface area contributed by atoms with Crippen LogP contribution in [-0.2, 0) is 6.54 Å². The third-order valence-corrected chi connectivity index (χ3v) is 6.56. The average molecular weight is 447 g/mol. The SMILES string of the molecule is CNC(=O)c1ccc(-c2cc(C)nc([C@H]3CCCN3Cc3c(C)nn(C(C)C)c3C)c2)cn1. The van der Waals surface area contributed by atoms with Crippen molar-refractivity contribution in [3.8, 4) is 11.1 Å². The van der Waals surface area contributed by atoms with E-state index in [1.807, 2.05) is 13.0 Å². The molecule has 1 N–H and O–H groups in total. The molecule has 0 unspecified atom stereocenters. The predicted molar refractivity (Wildman–Crippen MR) is 130 cm³/mol. The minimum atomic E-state index is -0.180. The van der Waals surface area contributed by atoms with Crippen LogP contribution in [0, 0.1) is 20.8 Å². The number of pyridine rings is 2. The van der Waals surface area contributed by atoms with Crippen LogP contribution in [0.4, 0.5) is 0 Å². The van der Waals surface area contributed by atoms with Crippen LogP contribution in [0.2, 0.25) is 0 Å². The molecule has 1 amide bonds. The number of carbonyl (C=O) groups excluding carboxylic acids is 1. The Morgan fingerprint density at radius 1 is 1.18 bits per heavy atom. The van der Waals surface area contributed by atoms with Crippen LogP contribution in [0.1, 0.15) is 77.6 Å². The van der Waals surface area contributed by atoms with Gasteiger partial charge in [-0.1, -0.05) is 6.07 Å². The van der Waals surface area contributed by atoms with Crippen LogP contribution in [0.5, 0.6) is 0 Å². The summed E-state index contributed by atoms with van der Waals surface area (Å²) in [6.07, 6.45) is 4.02. The number of likely N-dealkylation sites (tertiary alicyclic amines) is 1. The summed E-state index contributed by atoms with van der Waals surface area (Å²) in [4.78, 5) is 23.6. The van der Waals surface area contributed by atoms with E-state index in [2.05, 4.69) is 59.7 Å². The molecule has 0 aliphatic carbocycles. The number of aromatic nitrogens is 4. The molecule has 0 spiro atoms. The summed E-state index contributed by atoms with van der Waals surface area (Å²) in [7, 11) is 1.61. The summed E-state index contributed by atoms with van der Waals surface area (Å²) in [5, 5.41) is 7.40. The van der Waals surface area contributed by atoms with Crippen LogP contribution < -0.4 is 5.32 Å². The van der Waals surface area contributed by atoms with Gasteiger partial charge in [-0.3, -0.25) is 24.3 Å². The number of hydrogen-bond donors (Lipinski definition) is 1. The molecule has 0 saturated carbocycles. The van der Waals surface area contributed by atoms with Crippen molar-refractivity contribution in [3.05, 3.63) is 64.5 Å². The normalized spacial score (nSPS) is 16.5. The van der Waals surface area contributed by atoms with Crippen LogP contribution in [-0.4, -0.2) is 44.1 Å². The maximum atomic E-state index is 11.8. The highest BCUT2D eigenvalue weighted by Gasteiger charge is 2.29. The van der Waals surface area contributed by atoms with Crippen molar-refractivity contribution >= 4 is 5.91 Å². The van der Waals surface area contributed by atoms with Gasteiger partial charge in [-0.05, 0) is 77.8 Å². The highest BCUT2D eigenvalue weighted by atomic mass is 16.1. The average Bonchev–Trinajstić information content (AvgIpc) is 3.38. The van der Waals surface area contributed by atoms with Crippen molar-refractivity contribution in [2.75, 3.05) is 13.6 Å². The lowest BCUT2D eigenvalue weighted by atomic mass is 10.0. The molecule has 4 rings (SSSR count). The number of carbonyl (C=O) groups is 1. The van der Waals surface area contributed by atoms with E-state index >= 15 is 0 Å². The zero-order chi connectivity index (χ0) is 23.7. The first-order valence-corrected chi connectivity index (χ1v) is 11.7. The largest absolute Gasteiger partial charge is 0.354 e. The lowest BCUT2D eigenvalue weighted by Gasteiger charge is -2.25. The van der Waals surface area contributed by atoms with Crippen LogP contribution in [0.3, 0.4) is 0 Å². The molecule has 7 nitrogen and oxygen atoms in total. The fourth-order valence-corrected chi connectivity index (χ4v) is 4.84. The molecule has 1 saturated heterocycles. The van der Waals surface area contributed by atoms with Crippen molar-refractivity contribution in [1.82, 2.24) is 30.0 Å². The maximum Gasteiger partial charge on any atom is 0.269 e. The van der Waals surface area contributed by atoms with Crippen molar-refractivity contribution < 1.29 is 4.79 Å². The Kier molecular flexibility index (Phi) is 6.61. The van der Waals surface area contributed by atoms with Crippen LogP contribution in [0.15, 0.2) is 30.5 Å². The highest BCUT2D eigenvalue weighted by molar-refractivity contribution is 5.92. The molecule has 1 fully saturated rings. The van der Waals surface area contributed by atoms with E-state index in [9.17, 15) is 4.79 Å². The fourth-order valence-electron chi connectivity index (χ4n) is 4.84. The van der Waals surface area contributed by atoms with E-state index in [-0.39, 0.29) is 11.9 Å². The summed E-state index contributed by atoms with van der Waals surface area (Å²) in [5.74, 6) is -0.180. The van der Waals surface area contributed by atoms with Crippen molar-refractivity contribution in [3.63, 3.8) is 0 Å². The molecule has 1 aliphatic heterocycles. The van der Waals surface area contributed by atoms with Gasteiger partial charge in [-0.25, -0.2) is 0 Å². The Labute approximate surface area is 196 Å². The van der Waals surface area contributed by atoms with Crippen molar-refractivity contribution in [2.24, 2.45) is 0 Å². The van der Waals surface area contributed by atoms with E-state index in [0.29, 0.717) is 11.7 Å². The Bertz CT molecular complexity index is 1150. The van der Waals surface area contributed by atoms with Crippen LogP contribution in [0.25, 0.3) is 11.1 Å². The molecule has 0 bridgehead atoms. The van der Waals surface area contributed by atoms with Gasteiger partial charge in [-0.2, -0.15) is 5.10 Å². The van der Waals surface area contributed by atoms with Gasteiger partial charge in [0, 0.05) is 48.3 Å². The van der Waals surface area contributed by atoms with Crippen LogP contribution >= 0.6 is 0 Å². The third kappa shape index (κ3) is 4.69. The first-order chi connectivity index (χ1) is 15.8. The first kappa shape index (κ1) is 23.1. The molecular formula is C26H34N6O. The smallest absolute Gasteiger partial charge is 0.269 e. The Balaban J connectivity index is 1.61. The number of nitrogens with one attached hydrogen (secondary N) is 1. The molecule has 33 heavy (non-hydrogen) atoms. The number of hydrogen-bond acceptors (Lipinski definition) is 5. The van der Waals surface area contributed by atoms with E-state index in [4.69, 9.17) is 10.1 Å². The molecule has 4 heterocycles. The summed E-state index contributed by atoms with van der Waals surface area (Å²) >= 11 is 0. The molecule has 1 aliphatic rings. The third-order valence-electron chi connectivity index (χ3n) is 6.56. The zero-order valence-electron chi connectivity index (χ0n) is 20.5. The topological polar surface area (TPSA) is 75.9 Å². The van der Waals surface area contributed by atoms with Gasteiger partial charge < -0.3 is 5.32 Å². The van der Waals surface area contributed by atoms with Gasteiger partial charge >= 0.3 is 0 Å². The van der Waals surface area contributed by atoms with E-state index in [1.54, 1.807) is 19.3 Å². The minimum Gasteiger partial charge on any atom is -0.354 e. The monoisotopic (exact) mass is 446 g/mol. The van der Waals surface area contributed by atoms with E-state index in [0.717, 1.165) is 54.1 Å². The first-order valence-electron chi connectivity index (χ1n) is 11.7. The maximum absolute atomic E-state index is 11.8. The summed E-state index contributed by atoms with van der Waals surface area (Å²) < 4.78 is 2.13. The standard InChI is InChI=1S/C26H34N6O/c1-16(2)32-19(5)22(18(4)30-32)15-31-11-7-8-25(31)24-13-21(12-17(3)29-24)20-9-10-23(28-14-20)26(33)27-6/h9-10,12-14,16,25H,7-8,11,15H2,1-6H3,(H,27,33)/t25-/m1/s1. The molecule has 0 aromatic carbocycles. The molecule has 1 atom stereocenters. The second-order valence-electron chi connectivity index (χ2n) is 9.25. The quantitative estimate of drug-likeness (QED) is 0.601. The summed E-state index contributed by atoms with van der Waals surface area (Å²) in [6.45, 7) is 12.6. The molecule has 3 aromatic rings. The Morgan fingerprint density at radius 2 is 1.97 bits per heavy atom. The lowest BCUT2D eigenvalue weighted by molar-refractivity contribution is 0.0958. The zero-order valence-corrected chi connectivity index (χ0v) is 20.5. The number of nitrogens with zero attached hydrogens (tertiary/aromatic N) is 5. The molecule has 3 aromatic heterocycles. The summed E-state index contributed by atoms with van der Waals surface area (Å²) in [6, 6.07) is 8.63. The van der Waals surface area contributed by atoms with Gasteiger partial charge in [0.1, 0.15) is 5.69 Å². The van der Waals surface area contributed by atoms with Gasteiger partial charge in [0.05, 0.1) is 17.4 Å². The van der Waals surface area contributed by atoms with E-state index < -0.39 is 0 Å². The van der Waals surface area contributed by atoms with E-state index in [1.165, 1.54) is 11.3 Å². The summed E-state index contributed by atoms with van der Waals surface area (Å²) in [5.41, 5.74) is 8.29. The van der Waals surface area contributed by atoms with Gasteiger partial charge in [0.15, 0.2) is 0 Å². The predicted octanol–water partition coefficient (Wildman–Crippen LogP) is 4.54. The van der Waals surface area contributed by atoms with Gasteiger partial charge in [-0.15, -0.1) is 0 Å². The molecule has 7 heteroatoms. The number of rotatable bonds is 6. The van der Waals surface area contributed by atoms with Crippen molar-refractivity contribution in [2.45, 2.75) is 66.1 Å². The highest BCUT2D eigenvalue weighted by Crippen LogP contribution is 2.35. The Hall–Kier alpha value is -3.06. The minimum absolute atomic E-state index is 0.180. The molecular weight excluding hydrogens is 412 g/mol. The second kappa shape index (κ2) is 9.43. The fraction of sp³-hybridized carbons (Fsp3) is 0.462. The number of aryl methyl sites for hydroxylation is 2. The molecule has 0 radical (unpaired) electrons. The second-order valence-corrected chi connectivity index (χ2v) is 9.25. The van der Waals surface area contributed by atoms with Gasteiger partial charge in [0.2, 0.25) is 0 Å². The Morgan fingerprint density at radius 3 is 2.61 bits per heavy atom. The lowest BCUT2D eigenvalue weighted by Crippen LogP contribution is -2.24. The number of amides is 1. The molecule has 174 valence electrons. The van der Waals surface area contributed by atoms with Gasteiger partial charge in [0.25, 0.3) is 5.91 Å². The van der Waals surface area contributed by atoms with Crippen molar-refractivity contribution in [1.29, 1.82) is 0 Å².